The fourth-order valence-electron chi connectivity index (χ4n) is 9.75. The first kappa shape index (κ1) is 36.6. The predicted molar refractivity (Wildman–Crippen MR) is 255 cm³/mol. The Hall–Kier alpha value is -7.42. The summed E-state index contributed by atoms with van der Waals surface area (Å²) >= 11 is 0. The number of fused-ring (bicyclic) bond motifs is 6. The van der Waals surface area contributed by atoms with Crippen molar-refractivity contribution in [3.63, 3.8) is 0 Å². The Bertz CT molecular complexity index is 3150. The third-order valence-corrected chi connectivity index (χ3v) is 12.8. The van der Waals surface area contributed by atoms with Crippen molar-refractivity contribution in [1.82, 2.24) is 0 Å². The summed E-state index contributed by atoms with van der Waals surface area (Å²) in [6, 6.07) is 79.9. The summed E-state index contributed by atoms with van der Waals surface area (Å²) in [7, 11) is 0. The third-order valence-electron chi connectivity index (χ3n) is 12.8. The quantitative estimate of drug-likeness (QED) is 0.160. The van der Waals surface area contributed by atoms with Crippen LogP contribution in [0.3, 0.4) is 0 Å². The van der Waals surface area contributed by atoms with Gasteiger partial charge in [-0.25, -0.2) is 0 Å². The molecule has 0 radical (unpaired) electrons. The molecule has 1 aromatic heterocycles. The minimum absolute atomic E-state index is 0.104. The smallest absolute Gasteiger partial charge is 0.143 e. The lowest BCUT2D eigenvalue weighted by Gasteiger charge is -2.35. The van der Waals surface area contributed by atoms with Gasteiger partial charge in [0.2, 0.25) is 0 Å². The summed E-state index contributed by atoms with van der Waals surface area (Å²) in [4.78, 5) is 2.40. The molecular weight excluding hydrogens is 739 g/mol. The second kappa shape index (κ2) is 14.4. The number of rotatable bonds is 7. The molecule has 0 spiro atoms. The van der Waals surface area contributed by atoms with Crippen LogP contribution in [0, 0.1) is 0 Å². The van der Waals surface area contributed by atoms with Crippen LogP contribution in [-0.2, 0) is 10.8 Å². The zero-order chi connectivity index (χ0) is 41.1. The lowest BCUT2D eigenvalue weighted by atomic mass is 9.67. The van der Waals surface area contributed by atoms with E-state index in [2.05, 4.69) is 232 Å². The number of nitrogens with zero attached hydrogens (tertiary/aromatic N) is 1. The van der Waals surface area contributed by atoms with Gasteiger partial charge in [0.15, 0.2) is 0 Å². The number of hydrogen-bond donors (Lipinski definition) is 0. The van der Waals surface area contributed by atoms with Crippen molar-refractivity contribution in [2.45, 2.75) is 31.6 Å². The van der Waals surface area contributed by atoms with E-state index in [0.29, 0.717) is 0 Å². The summed E-state index contributed by atoms with van der Waals surface area (Å²) in [5, 5.41) is 2.27. The monoisotopic (exact) mass is 783 g/mol. The number of furan rings is 1. The van der Waals surface area contributed by atoms with Gasteiger partial charge in [-0.15, -0.1) is 0 Å². The highest BCUT2D eigenvalue weighted by Crippen LogP contribution is 2.57. The lowest BCUT2D eigenvalue weighted by Crippen LogP contribution is -2.28. The van der Waals surface area contributed by atoms with Crippen LogP contribution in [0.4, 0.5) is 17.1 Å². The number of benzene rings is 9. The summed E-state index contributed by atoms with van der Waals surface area (Å²) in [6.07, 6.45) is 0. The van der Waals surface area contributed by atoms with Crippen LogP contribution in [0.1, 0.15) is 48.6 Å². The Labute approximate surface area is 358 Å². The minimum atomic E-state index is -0.506. The first-order chi connectivity index (χ1) is 29.9. The highest BCUT2D eigenvalue weighted by Gasteiger charge is 2.46. The maximum Gasteiger partial charge on any atom is 0.143 e. The third kappa shape index (κ3) is 6.01. The standard InChI is InChI=1S/C59H45NO/c1-58(2,3)43-31-25-40(26-32-43)41-27-33-46(34-28-41)60(47-35-29-42(30-36-47)49-21-14-22-53-52-20-11-13-24-56(52)61-57(49)53)48-37-38-51-50-19-10-12-23-54(50)59(55(51)39-48,44-15-6-4-7-16-44)45-17-8-5-9-18-45/h4-39H,1-3H3. The molecule has 0 aliphatic heterocycles. The van der Waals surface area contributed by atoms with E-state index in [1.807, 2.05) is 12.1 Å². The molecule has 61 heavy (non-hydrogen) atoms. The first-order valence-electron chi connectivity index (χ1n) is 21.3. The van der Waals surface area contributed by atoms with Crippen molar-refractivity contribution in [1.29, 1.82) is 0 Å². The van der Waals surface area contributed by atoms with Gasteiger partial charge in [0.25, 0.3) is 0 Å². The molecular formula is C59H45NO. The van der Waals surface area contributed by atoms with Crippen LogP contribution in [0.5, 0.6) is 0 Å². The maximum absolute atomic E-state index is 6.48. The molecule has 0 amide bonds. The Morgan fingerprint density at radius 1 is 0.393 bits per heavy atom. The van der Waals surface area contributed by atoms with Gasteiger partial charge in [-0.1, -0.05) is 197 Å². The SMILES string of the molecule is CC(C)(C)c1ccc(-c2ccc(N(c3ccc(-c4cccc5c4oc4ccccc45)cc3)c3ccc4c(c3)C(c3ccccc3)(c3ccccc3)c3ccccc3-4)cc2)cc1. The minimum Gasteiger partial charge on any atom is -0.455 e. The van der Waals surface area contributed by atoms with E-state index in [1.54, 1.807) is 0 Å². The van der Waals surface area contributed by atoms with E-state index in [4.69, 9.17) is 4.42 Å². The molecule has 1 heterocycles. The number of anilines is 3. The molecule has 1 aliphatic rings. The topological polar surface area (TPSA) is 16.4 Å². The Balaban J connectivity index is 1.08. The normalized spacial score (nSPS) is 13.0. The molecule has 11 rings (SSSR count). The van der Waals surface area contributed by atoms with E-state index in [0.717, 1.165) is 50.1 Å². The highest BCUT2D eigenvalue weighted by molar-refractivity contribution is 6.09. The molecule has 2 heteroatoms. The van der Waals surface area contributed by atoms with Crippen molar-refractivity contribution >= 4 is 39.0 Å². The molecule has 1 aliphatic carbocycles. The molecule has 2 nitrogen and oxygen atoms in total. The van der Waals surface area contributed by atoms with E-state index in [9.17, 15) is 0 Å². The van der Waals surface area contributed by atoms with Crippen LogP contribution in [0.15, 0.2) is 223 Å². The largest absolute Gasteiger partial charge is 0.455 e. The van der Waals surface area contributed by atoms with Gasteiger partial charge in [0, 0.05) is 33.4 Å². The fourth-order valence-corrected chi connectivity index (χ4v) is 9.75. The summed E-state index contributed by atoms with van der Waals surface area (Å²) < 4.78 is 6.48. The van der Waals surface area contributed by atoms with Gasteiger partial charge >= 0.3 is 0 Å². The van der Waals surface area contributed by atoms with Crippen LogP contribution < -0.4 is 4.90 Å². The molecule has 0 atom stereocenters. The summed E-state index contributed by atoms with van der Waals surface area (Å²) in [6.45, 7) is 6.79. The van der Waals surface area contributed by atoms with E-state index < -0.39 is 5.41 Å². The predicted octanol–water partition coefficient (Wildman–Crippen LogP) is 16.1. The molecule has 9 aromatic carbocycles. The first-order valence-corrected chi connectivity index (χ1v) is 21.3. The molecule has 0 saturated heterocycles. The Morgan fingerprint density at radius 2 is 0.902 bits per heavy atom. The number of para-hydroxylation sites is 2. The molecule has 0 bridgehead atoms. The van der Waals surface area contributed by atoms with Gasteiger partial charge < -0.3 is 9.32 Å². The van der Waals surface area contributed by atoms with Crippen molar-refractivity contribution in [3.05, 3.63) is 246 Å². The van der Waals surface area contributed by atoms with Crippen molar-refractivity contribution in [2.24, 2.45) is 0 Å². The molecule has 0 unspecified atom stereocenters. The summed E-state index contributed by atoms with van der Waals surface area (Å²) in [5.41, 5.74) is 18.2. The van der Waals surface area contributed by atoms with E-state index in [-0.39, 0.29) is 5.41 Å². The average molecular weight is 784 g/mol. The van der Waals surface area contributed by atoms with Gasteiger partial charge in [-0.05, 0) is 104 Å². The maximum atomic E-state index is 6.48. The van der Waals surface area contributed by atoms with Crippen LogP contribution in [0.2, 0.25) is 0 Å². The van der Waals surface area contributed by atoms with Crippen molar-refractivity contribution < 1.29 is 4.42 Å². The lowest BCUT2D eigenvalue weighted by molar-refractivity contribution is 0.590. The highest BCUT2D eigenvalue weighted by atomic mass is 16.3. The van der Waals surface area contributed by atoms with Gasteiger partial charge in [0.05, 0.1) is 5.41 Å². The second-order valence-electron chi connectivity index (χ2n) is 17.3. The van der Waals surface area contributed by atoms with Crippen LogP contribution in [-0.4, -0.2) is 0 Å². The summed E-state index contributed by atoms with van der Waals surface area (Å²) in [5.74, 6) is 0. The van der Waals surface area contributed by atoms with Gasteiger partial charge in [-0.3, -0.25) is 0 Å². The van der Waals surface area contributed by atoms with Gasteiger partial charge in [-0.2, -0.15) is 0 Å². The molecule has 10 aromatic rings. The van der Waals surface area contributed by atoms with E-state index >= 15 is 0 Å². The van der Waals surface area contributed by atoms with Gasteiger partial charge in [0.1, 0.15) is 11.2 Å². The second-order valence-corrected chi connectivity index (χ2v) is 17.3. The average Bonchev–Trinajstić information content (AvgIpc) is 3.84. The number of hydrogen-bond acceptors (Lipinski definition) is 2. The molecule has 0 N–H and O–H groups in total. The van der Waals surface area contributed by atoms with E-state index in [1.165, 1.54) is 50.1 Å². The Kier molecular flexibility index (Phi) is 8.65. The van der Waals surface area contributed by atoms with Crippen LogP contribution in [0.25, 0.3) is 55.3 Å². The molecule has 0 saturated carbocycles. The fraction of sp³-hybridized carbons (Fsp3) is 0.0847. The zero-order valence-electron chi connectivity index (χ0n) is 34.6. The van der Waals surface area contributed by atoms with Crippen LogP contribution >= 0.6 is 0 Å². The molecule has 0 fully saturated rings. The van der Waals surface area contributed by atoms with Crippen molar-refractivity contribution in [2.75, 3.05) is 4.90 Å². The molecule has 292 valence electrons. The zero-order valence-corrected chi connectivity index (χ0v) is 34.6. The Morgan fingerprint density at radius 3 is 1.56 bits per heavy atom. The van der Waals surface area contributed by atoms with Crippen molar-refractivity contribution in [3.8, 4) is 33.4 Å².